The molecule has 1 aromatic carbocycles. The number of pyridine rings is 2. The predicted molar refractivity (Wildman–Crippen MR) is 116 cm³/mol. The zero-order chi connectivity index (χ0) is 20.4. The molecule has 0 radical (unpaired) electrons. The van der Waals surface area contributed by atoms with Crippen LogP contribution in [0.2, 0.25) is 0 Å². The molecule has 2 aromatic heterocycles. The van der Waals surface area contributed by atoms with E-state index in [1.54, 1.807) is 6.20 Å². The lowest BCUT2D eigenvalue weighted by Gasteiger charge is -2.19. The number of hydrogen-bond donors (Lipinski definition) is 1. The van der Waals surface area contributed by atoms with E-state index in [9.17, 15) is 4.79 Å². The number of benzene rings is 1. The lowest BCUT2D eigenvalue weighted by molar-refractivity contribution is 0.0930. The molecule has 1 fully saturated rings. The van der Waals surface area contributed by atoms with Crippen molar-refractivity contribution < 1.29 is 4.79 Å². The van der Waals surface area contributed by atoms with E-state index in [-0.39, 0.29) is 11.9 Å². The van der Waals surface area contributed by atoms with Gasteiger partial charge in [0.25, 0.3) is 5.91 Å². The average molecular weight is 406 g/mol. The van der Waals surface area contributed by atoms with Gasteiger partial charge in [-0.25, -0.2) is 0 Å². The normalized spacial score (nSPS) is 14.4. The van der Waals surface area contributed by atoms with Gasteiger partial charge < -0.3 is 5.32 Å². The fraction of sp³-hybridized carbons (Fsp3) is 0.292. The lowest BCUT2D eigenvalue weighted by Crippen LogP contribution is -2.30. The molecule has 1 amide bonds. The molecule has 4 rings (SSSR count). The highest BCUT2D eigenvalue weighted by Crippen LogP contribution is 2.40. The number of rotatable bonds is 6. The Morgan fingerprint density at radius 2 is 1.97 bits per heavy atom. The van der Waals surface area contributed by atoms with Crippen LogP contribution in [0, 0.1) is 19.8 Å². The maximum Gasteiger partial charge on any atom is 0.251 e. The Hall–Kier alpha value is -2.72. The average Bonchev–Trinajstić information content (AvgIpc) is 3.57. The molecule has 0 saturated heterocycles. The Labute approximate surface area is 176 Å². The second-order valence-electron chi connectivity index (χ2n) is 7.74. The molecule has 1 aliphatic carbocycles. The summed E-state index contributed by atoms with van der Waals surface area (Å²) in [7, 11) is 0. The Kier molecular flexibility index (Phi) is 5.63. The van der Waals surface area contributed by atoms with E-state index in [0.717, 1.165) is 46.5 Å². The molecule has 29 heavy (non-hydrogen) atoms. The third-order valence-corrected chi connectivity index (χ3v) is 5.67. The number of halogens is 1. The van der Waals surface area contributed by atoms with Crippen molar-refractivity contribution in [1.29, 1.82) is 0 Å². The van der Waals surface area contributed by atoms with Crippen LogP contribution in [0.25, 0.3) is 11.1 Å². The van der Waals surface area contributed by atoms with Gasteiger partial charge in [0.05, 0.1) is 11.7 Å². The number of carbonyl (C=O) groups excluding carboxylic acids is 1. The molecule has 1 saturated carbocycles. The summed E-state index contributed by atoms with van der Waals surface area (Å²) in [5, 5.41) is 3.22. The van der Waals surface area contributed by atoms with Gasteiger partial charge in [-0.2, -0.15) is 0 Å². The second kappa shape index (κ2) is 8.34. The standard InChI is InChI=1S/C24H24ClN3O/c1-15-7-9-27-22(10-15)23(18-5-6-18)28-24(29)20-12-17(14-25)11-19(13-20)21-4-3-8-26-16(21)2/h3-4,7-13,18,23H,5-6,14H2,1-2H3,(H,28,29). The number of aryl methyl sites for hydroxylation is 2. The molecule has 0 spiro atoms. The summed E-state index contributed by atoms with van der Waals surface area (Å²) in [5.74, 6) is 0.698. The minimum atomic E-state index is -0.0973. The number of aromatic nitrogens is 2. The first-order chi connectivity index (χ1) is 14.0. The van der Waals surface area contributed by atoms with E-state index in [2.05, 4.69) is 21.4 Å². The Morgan fingerprint density at radius 1 is 1.14 bits per heavy atom. The van der Waals surface area contributed by atoms with Crippen molar-refractivity contribution in [2.45, 2.75) is 38.6 Å². The monoisotopic (exact) mass is 405 g/mol. The number of hydrogen-bond acceptors (Lipinski definition) is 3. The summed E-state index contributed by atoms with van der Waals surface area (Å²) < 4.78 is 0. The van der Waals surface area contributed by atoms with E-state index in [1.807, 2.05) is 56.4 Å². The number of carbonyl (C=O) groups is 1. The first-order valence-electron chi connectivity index (χ1n) is 9.90. The maximum atomic E-state index is 13.2. The molecule has 3 aromatic rings. The Balaban J connectivity index is 1.66. The van der Waals surface area contributed by atoms with Crippen molar-refractivity contribution >= 4 is 17.5 Å². The molecule has 1 unspecified atom stereocenters. The third kappa shape index (κ3) is 4.48. The zero-order valence-electron chi connectivity index (χ0n) is 16.7. The van der Waals surface area contributed by atoms with E-state index in [4.69, 9.17) is 11.6 Å². The van der Waals surface area contributed by atoms with E-state index >= 15 is 0 Å². The SMILES string of the molecule is Cc1ccnc(C(NC(=O)c2cc(CCl)cc(-c3cccnc3C)c2)C2CC2)c1. The van der Waals surface area contributed by atoms with Crippen LogP contribution in [0.15, 0.2) is 54.9 Å². The predicted octanol–water partition coefficient (Wildman–Crippen LogP) is 5.38. The van der Waals surface area contributed by atoms with Crippen LogP contribution in [0.4, 0.5) is 0 Å². The van der Waals surface area contributed by atoms with Gasteiger partial charge in [0.15, 0.2) is 0 Å². The topological polar surface area (TPSA) is 54.9 Å². The van der Waals surface area contributed by atoms with Crippen molar-refractivity contribution in [2.75, 3.05) is 0 Å². The van der Waals surface area contributed by atoms with E-state index in [0.29, 0.717) is 17.4 Å². The highest BCUT2D eigenvalue weighted by atomic mass is 35.5. The molecule has 148 valence electrons. The fourth-order valence-electron chi connectivity index (χ4n) is 3.66. The van der Waals surface area contributed by atoms with E-state index in [1.165, 1.54) is 0 Å². The minimum Gasteiger partial charge on any atom is -0.343 e. The van der Waals surface area contributed by atoms with Gasteiger partial charge in [-0.15, -0.1) is 11.6 Å². The van der Waals surface area contributed by atoms with Gasteiger partial charge in [0, 0.05) is 35.1 Å². The van der Waals surface area contributed by atoms with Gasteiger partial charge in [0.2, 0.25) is 0 Å². The van der Waals surface area contributed by atoms with Gasteiger partial charge >= 0.3 is 0 Å². The molecule has 1 N–H and O–H groups in total. The van der Waals surface area contributed by atoms with Crippen LogP contribution in [-0.2, 0) is 5.88 Å². The third-order valence-electron chi connectivity index (χ3n) is 5.36. The van der Waals surface area contributed by atoms with Gasteiger partial charge in [0.1, 0.15) is 0 Å². The smallest absolute Gasteiger partial charge is 0.251 e. The van der Waals surface area contributed by atoms with Crippen molar-refractivity contribution in [2.24, 2.45) is 5.92 Å². The van der Waals surface area contributed by atoms with E-state index < -0.39 is 0 Å². The van der Waals surface area contributed by atoms with Gasteiger partial charge in [-0.05, 0) is 85.7 Å². The van der Waals surface area contributed by atoms with Crippen molar-refractivity contribution in [3.05, 3.63) is 82.9 Å². The molecular weight excluding hydrogens is 382 g/mol. The Bertz CT molecular complexity index is 1050. The molecule has 0 bridgehead atoms. The number of nitrogens with one attached hydrogen (secondary N) is 1. The quantitative estimate of drug-likeness (QED) is 0.560. The molecule has 1 atom stereocenters. The summed E-state index contributed by atoms with van der Waals surface area (Å²) in [4.78, 5) is 22.1. The fourth-order valence-corrected chi connectivity index (χ4v) is 3.82. The molecular formula is C24H24ClN3O. The minimum absolute atomic E-state index is 0.0642. The maximum absolute atomic E-state index is 13.2. The van der Waals surface area contributed by atoms with Crippen molar-refractivity contribution in [3.8, 4) is 11.1 Å². The van der Waals surface area contributed by atoms with Crippen LogP contribution in [0.3, 0.4) is 0 Å². The summed E-state index contributed by atoms with van der Waals surface area (Å²) in [6.45, 7) is 4.01. The van der Waals surface area contributed by atoms with Crippen molar-refractivity contribution in [3.63, 3.8) is 0 Å². The highest BCUT2D eigenvalue weighted by molar-refractivity contribution is 6.17. The van der Waals surface area contributed by atoms with Crippen molar-refractivity contribution in [1.82, 2.24) is 15.3 Å². The number of nitrogens with zero attached hydrogens (tertiary/aromatic N) is 2. The molecule has 1 aliphatic rings. The summed E-state index contributed by atoms with van der Waals surface area (Å²) in [6, 6.07) is 13.7. The largest absolute Gasteiger partial charge is 0.343 e. The van der Waals surface area contributed by atoms with Crippen LogP contribution in [0.1, 0.15) is 51.8 Å². The first-order valence-corrected chi connectivity index (χ1v) is 10.4. The zero-order valence-corrected chi connectivity index (χ0v) is 17.4. The number of alkyl halides is 1. The summed E-state index contributed by atoms with van der Waals surface area (Å²) >= 11 is 6.12. The molecule has 2 heterocycles. The summed E-state index contributed by atoms with van der Waals surface area (Å²) in [6.07, 6.45) is 5.81. The van der Waals surface area contributed by atoms with Crippen LogP contribution in [0.5, 0.6) is 0 Å². The van der Waals surface area contributed by atoms with Gasteiger partial charge in [-0.3, -0.25) is 14.8 Å². The lowest BCUT2D eigenvalue weighted by atomic mass is 9.98. The number of amides is 1. The first kappa shape index (κ1) is 19.6. The van der Waals surface area contributed by atoms with Crippen LogP contribution >= 0.6 is 11.6 Å². The molecule has 0 aliphatic heterocycles. The highest BCUT2D eigenvalue weighted by Gasteiger charge is 2.34. The van der Waals surface area contributed by atoms with Crippen LogP contribution in [-0.4, -0.2) is 15.9 Å². The molecule has 4 nitrogen and oxygen atoms in total. The van der Waals surface area contributed by atoms with Crippen LogP contribution < -0.4 is 5.32 Å². The van der Waals surface area contributed by atoms with Gasteiger partial charge in [-0.1, -0.05) is 6.07 Å². The Morgan fingerprint density at radius 3 is 2.66 bits per heavy atom. The molecule has 5 heteroatoms. The second-order valence-corrected chi connectivity index (χ2v) is 8.00. The summed E-state index contributed by atoms with van der Waals surface area (Å²) in [5.41, 5.74) is 6.48.